The van der Waals surface area contributed by atoms with Gasteiger partial charge in [0.2, 0.25) is 0 Å². The Bertz CT molecular complexity index is 4160. The number of benzene rings is 8. The fourth-order valence-electron chi connectivity index (χ4n) is 10.8. The standard InChI is InChI=1S/C78H70O26/c1-48(79)90-47-62(81)96-59(44-94-78-68(104-76(89)57-41-25-10-26-42-57)66(102-74(87)55-37-21-8-22-38-55)64(100-72(85)53-33-17-6-18-34-53)61(98-78)46-92-70(83)51-29-13-4-14-30-51)58(95-49(2)80)43-93-77-67(103-75(88)56-39-23-9-24-40-56)65(101-73(86)54-35-19-7-20-36-54)63(99-71(84)52-31-15-5-16-32-52)60(97-77)45-91-69(82)50-27-11-3-12-28-50/h3-42,58-68,77-78,81H,43-47H2,1-2H3. The van der Waals surface area contributed by atoms with Gasteiger partial charge in [-0.3, -0.25) is 9.59 Å². The van der Waals surface area contributed by atoms with Gasteiger partial charge in [0.1, 0.15) is 38.1 Å². The lowest BCUT2D eigenvalue weighted by Crippen LogP contribution is -2.64. The number of hydrogen-bond donors (Lipinski definition) is 1. The van der Waals surface area contributed by atoms with Crippen LogP contribution in [0.3, 0.4) is 0 Å². The quantitative estimate of drug-likeness (QED) is 0.0250. The van der Waals surface area contributed by atoms with E-state index in [-0.39, 0.29) is 44.5 Å². The summed E-state index contributed by atoms with van der Waals surface area (Å²) in [7, 11) is 0. The van der Waals surface area contributed by atoms with Gasteiger partial charge in [0.05, 0.1) is 57.7 Å². The number of hydrogen-bond acceptors (Lipinski definition) is 26. The van der Waals surface area contributed by atoms with E-state index in [0.29, 0.717) is 0 Å². The molecule has 13 atom stereocenters. The van der Waals surface area contributed by atoms with E-state index < -0.39 is 173 Å². The van der Waals surface area contributed by atoms with Crippen molar-refractivity contribution in [2.45, 2.75) is 93.8 Å². The zero-order valence-corrected chi connectivity index (χ0v) is 55.8. The normalized spacial score (nSPS) is 20.6. The molecule has 0 saturated carbocycles. The molecule has 26 nitrogen and oxygen atoms in total. The van der Waals surface area contributed by atoms with Crippen LogP contribution in [-0.2, 0) is 80.6 Å². The lowest BCUT2D eigenvalue weighted by Gasteiger charge is -2.45. The summed E-state index contributed by atoms with van der Waals surface area (Å²) < 4.78 is 92.3. The third-order valence-corrected chi connectivity index (χ3v) is 15.8. The van der Waals surface area contributed by atoms with Gasteiger partial charge in [0, 0.05) is 13.8 Å². The van der Waals surface area contributed by atoms with E-state index in [1.54, 1.807) is 97.1 Å². The summed E-state index contributed by atoms with van der Waals surface area (Å²) in [4.78, 5) is 140. The van der Waals surface area contributed by atoms with Crippen LogP contribution >= 0.6 is 0 Å². The Morgan fingerprint density at radius 2 is 0.558 bits per heavy atom. The van der Waals surface area contributed by atoms with Crippen LogP contribution in [0.25, 0.3) is 0 Å². The maximum Gasteiger partial charge on any atom is 0.338 e. The fourth-order valence-corrected chi connectivity index (χ4v) is 10.8. The maximum atomic E-state index is 14.5. The van der Waals surface area contributed by atoms with Gasteiger partial charge in [-0.05, 0) is 97.1 Å². The second-order valence-electron chi connectivity index (χ2n) is 23.2. The summed E-state index contributed by atoms with van der Waals surface area (Å²) in [6, 6.07) is 60.8. The number of carbonyl (C=O) groups excluding carboxylic acids is 10. The second-order valence-corrected chi connectivity index (χ2v) is 23.2. The topological polar surface area (TPSA) is 329 Å². The predicted octanol–water partition coefficient (Wildman–Crippen LogP) is 8.74. The molecule has 10 rings (SSSR count). The molecule has 0 aliphatic carbocycles. The van der Waals surface area contributed by atoms with Crippen molar-refractivity contribution in [3.8, 4) is 0 Å². The second kappa shape index (κ2) is 37.2. The van der Waals surface area contributed by atoms with Crippen LogP contribution in [0, 0.1) is 0 Å². The Morgan fingerprint density at radius 3 is 0.827 bits per heavy atom. The molecule has 13 unspecified atom stereocenters. The summed E-state index contributed by atoms with van der Waals surface area (Å²) in [5.41, 5.74) is -0.000228. The lowest BCUT2D eigenvalue weighted by molar-refractivity contribution is -0.316. The summed E-state index contributed by atoms with van der Waals surface area (Å²) in [5.74, 6) is -9.94. The molecule has 0 radical (unpaired) electrons. The Labute approximate surface area is 595 Å². The first kappa shape index (κ1) is 74.9. The fraction of sp³-hybridized carbons (Fsp3) is 0.256. The molecule has 0 spiro atoms. The van der Waals surface area contributed by atoms with Crippen molar-refractivity contribution >= 4 is 59.7 Å². The highest BCUT2D eigenvalue weighted by molar-refractivity contribution is 5.94. The van der Waals surface area contributed by atoms with E-state index in [4.69, 9.17) is 71.1 Å². The molecule has 2 fully saturated rings. The molecule has 538 valence electrons. The van der Waals surface area contributed by atoms with E-state index in [1.165, 1.54) is 146 Å². The number of esters is 10. The largest absolute Gasteiger partial charge is 0.460 e. The van der Waals surface area contributed by atoms with E-state index in [1.807, 2.05) is 0 Å². The molecule has 8 aromatic carbocycles. The van der Waals surface area contributed by atoms with Crippen LogP contribution in [0.15, 0.2) is 243 Å². The lowest BCUT2D eigenvalue weighted by atomic mass is 9.97. The minimum absolute atomic E-state index is 0.000693. The molecule has 1 N–H and O–H groups in total. The number of rotatable bonds is 30. The van der Waals surface area contributed by atoms with Crippen molar-refractivity contribution in [2.75, 3.05) is 33.0 Å². The molecule has 0 aromatic heterocycles. The first-order valence-corrected chi connectivity index (χ1v) is 32.6. The number of ether oxygens (including phenoxy) is 15. The molecular weight excluding hydrogens is 1350 g/mol. The molecule has 2 aliphatic heterocycles. The van der Waals surface area contributed by atoms with Crippen LogP contribution in [0.1, 0.15) is 96.7 Å². The molecule has 8 aromatic rings. The highest BCUT2D eigenvalue weighted by Crippen LogP contribution is 2.35. The Balaban J connectivity index is 1.06. The van der Waals surface area contributed by atoms with Crippen LogP contribution < -0.4 is 0 Å². The highest BCUT2D eigenvalue weighted by atomic mass is 16.8. The number of carbonyl (C=O) groups is 10. The summed E-state index contributed by atoms with van der Waals surface area (Å²) in [6.07, 6.45) is -25.0. The van der Waals surface area contributed by atoms with Gasteiger partial charge < -0.3 is 76.2 Å². The first-order chi connectivity index (χ1) is 50.5. The van der Waals surface area contributed by atoms with Gasteiger partial charge in [-0.1, -0.05) is 146 Å². The zero-order chi connectivity index (χ0) is 73.3. The summed E-state index contributed by atoms with van der Waals surface area (Å²) in [6.45, 7) is -2.39. The Hall–Kier alpha value is -11.8. The van der Waals surface area contributed by atoms with Crippen molar-refractivity contribution in [2.24, 2.45) is 0 Å². The SMILES string of the molecule is CC(=O)OCC(O)OC(COC1OC(COC(=O)c2ccccc2)C(OC(=O)c2ccccc2)C(OC(=O)c2ccccc2)C1OC(=O)c1ccccc1)C(COC1OC(COC(=O)c2ccccc2)C(OC(=O)c2ccccc2)C(OC(=O)c2ccccc2)C1OC(=O)c1ccccc1)OC(C)=O. The van der Waals surface area contributed by atoms with Crippen molar-refractivity contribution in [1.29, 1.82) is 0 Å². The molecule has 0 bridgehead atoms. The molecule has 2 heterocycles. The number of aliphatic hydroxyl groups excluding tert-OH is 1. The Morgan fingerprint density at radius 1 is 0.308 bits per heavy atom. The van der Waals surface area contributed by atoms with Gasteiger partial charge >= 0.3 is 59.7 Å². The van der Waals surface area contributed by atoms with E-state index in [2.05, 4.69) is 0 Å². The molecule has 2 aliphatic rings. The molecule has 0 amide bonds. The maximum absolute atomic E-state index is 14.5. The Kier molecular flexibility index (Phi) is 26.8. The predicted molar refractivity (Wildman–Crippen MR) is 360 cm³/mol. The van der Waals surface area contributed by atoms with Crippen molar-refractivity contribution in [1.82, 2.24) is 0 Å². The van der Waals surface area contributed by atoms with Crippen molar-refractivity contribution < 1.29 is 124 Å². The van der Waals surface area contributed by atoms with Crippen LogP contribution in [0.4, 0.5) is 0 Å². The minimum Gasteiger partial charge on any atom is -0.460 e. The minimum atomic E-state index is -2.12. The van der Waals surface area contributed by atoms with Crippen molar-refractivity contribution in [3.63, 3.8) is 0 Å². The van der Waals surface area contributed by atoms with E-state index in [0.717, 1.165) is 13.8 Å². The molecular formula is C78H70O26. The van der Waals surface area contributed by atoms with Gasteiger partial charge in [0.15, 0.2) is 61.6 Å². The van der Waals surface area contributed by atoms with Gasteiger partial charge in [-0.15, -0.1) is 0 Å². The highest BCUT2D eigenvalue weighted by Gasteiger charge is 2.56. The number of aliphatic hydroxyl groups is 1. The summed E-state index contributed by atoms with van der Waals surface area (Å²) >= 11 is 0. The zero-order valence-electron chi connectivity index (χ0n) is 55.8. The van der Waals surface area contributed by atoms with Crippen LogP contribution in [-0.4, -0.2) is 178 Å². The third kappa shape index (κ3) is 20.9. The molecule has 104 heavy (non-hydrogen) atoms. The van der Waals surface area contributed by atoms with Crippen LogP contribution in [0.2, 0.25) is 0 Å². The van der Waals surface area contributed by atoms with E-state index >= 15 is 0 Å². The summed E-state index contributed by atoms with van der Waals surface area (Å²) in [5, 5.41) is 11.6. The average Bonchev–Trinajstić information content (AvgIpc) is 0.780. The first-order valence-electron chi connectivity index (χ1n) is 32.6. The van der Waals surface area contributed by atoms with Gasteiger partial charge in [-0.25, -0.2) is 38.4 Å². The van der Waals surface area contributed by atoms with Crippen LogP contribution in [0.5, 0.6) is 0 Å². The van der Waals surface area contributed by atoms with Crippen molar-refractivity contribution in [3.05, 3.63) is 287 Å². The van der Waals surface area contributed by atoms with E-state index in [9.17, 15) is 53.1 Å². The average molecular weight is 1420 g/mol. The van der Waals surface area contributed by atoms with Gasteiger partial charge in [-0.2, -0.15) is 0 Å². The smallest absolute Gasteiger partial charge is 0.338 e. The monoisotopic (exact) mass is 1420 g/mol. The molecule has 2 saturated heterocycles. The van der Waals surface area contributed by atoms with Gasteiger partial charge in [0.25, 0.3) is 0 Å². The third-order valence-electron chi connectivity index (χ3n) is 15.8. The molecule has 26 heteroatoms.